The molecule has 32 heavy (non-hydrogen) atoms. The average molecular weight is 448 g/mol. The van der Waals surface area contributed by atoms with E-state index in [9.17, 15) is 4.79 Å². The predicted molar refractivity (Wildman–Crippen MR) is 129 cm³/mol. The molecule has 4 aromatic rings. The Morgan fingerprint density at radius 3 is 2.66 bits per heavy atom. The highest BCUT2D eigenvalue weighted by molar-refractivity contribution is 7.15. The molecule has 0 fully saturated rings. The zero-order chi connectivity index (χ0) is 22.3. The minimum atomic E-state index is -0.177. The van der Waals surface area contributed by atoms with Crippen LogP contribution in [0.25, 0.3) is 28.5 Å². The third-order valence-electron chi connectivity index (χ3n) is 4.97. The highest BCUT2D eigenvalue weighted by Gasteiger charge is 2.11. The Hall–Kier alpha value is -3.45. The lowest BCUT2D eigenvalue weighted by Gasteiger charge is -2.05. The van der Waals surface area contributed by atoms with Gasteiger partial charge < -0.3 is 9.47 Å². The number of para-hydroxylation sites is 1. The van der Waals surface area contributed by atoms with Crippen molar-refractivity contribution in [3.05, 3.63) is 75.1 Å². The number of unbranched alkanes of at least 4 members (excludes halogenated alkanes) is 2. The summed E-state index contributed by atoms with van der Waals surface area (Å²) < 4.78 is 13.0. The molecule has 4 rings (SSSR count). The number of thiazole rings is 1. The number of hydrogen-bond donors (Lipinski definition) is 0. The number of hydrogen-bond acceptors (Lipinski definition) is 6. The normalized spacial score (nSPS) is 12.1. The number of benzene rings is 2. The van der Waals surface area contributed by atoms with Crippen molar-refractivity contribution < 1.29 is 9.47 Å². The number of ether oxygens (including phenoxy) is 2. The summed E-state index contributed by atoms with van der Waals surface area (Å²) in [5.74, 6) is 2.14. The molecule has 0 N–H and O–H groups in total. The van der Waals surface area contributed by atoms with Gasteiger partial charge in [-0.1, -0.05) is 61.5 Å². The quantitative estimate of drug-likeness (QED) is 0.351. The number of aromatic nitrogens is 3. The van der Waals surface area contributed by atoms with E-state index in [0.717, 1.165) is 35.7 Å². The first-order valence-electron chi connectivity index (χ1n) is 10.6. The van der Waals surface area contributed by atoms with E-state index in [1.165, 1.54) is 28.7 Å². The Labute approximate surface area is 190 Å². The van der Waals surface area contributed by atoms with E-state index < -0.39 is 0 Å². The van der Waals surface area contributed by atoms with Gasteiger partial charge in [-0.3, -0.25) is 4.79 Å². The van der Waals surface area contributed by atoms with Crippen molar-refractivity contribution in [1.29, 1.82) is 0 Å². The van der Waals surface area contributed by atoms with Crippen molar-refractivity contribution in [2.24, 2.45) is 0 Å². The van der Waals surface area contributed by atoms with Gasteiger partial charge in [-0.25, -0.2) is 0 Å². The van der Waals surface area contributed by atoms with Crippen molar-refractivity contribution >= 4 is 28.4 Å². The summed E-state index contributed by atoms with van der Waals surface area (Å²) in [4.78, 5) is 17.8. The molecule has 6 nitrogen and oxygen atoms in total. The van der Waals surface area contributed by atoms with Gasteiger partial charge in [0.1, 0.15) is 11.5 Å². The average Bonchev–Trinajstić information content (AvgIpc) is 3.37. The highest BCUT2D eigenvalue weighted by Crippen LogP contribution is 2.21. The van der Waals surface area contributed by atoms with Gasteiger partial charge in [0.25, 0.3) is 5.56 Å². The van der Waals surface area contributed by atoms with E-state index in [1.54, 1.807) is 13.2 Å². The molecule has 0 saturated heterocycles. The second kappa shape index (κ2) is 10.2. The van der Waals surface area contributed by atoms with Crippen LogP contribution in [-0.4, -0.2) is 28.3 Å². The zero-order valence-corrected chi connectivity index (χ0v) is 19.0. The van der Waals surface area contributed by atoms with Crippen LogP contribution < -0.4 is 19.6 Å². The maximum atomic E-state index is 12.7. The fourth-order valence-corrected chi connectivity index (χ4v) is 4.12. The summed E-state index contributed by atoms with van der Waals surface area (Å²) in [7, 11) is 1.64. The summed E-state index contributed by atoms with van der Waals surface area (Å²) in [6, 6.07) is 15.4. The molecule has 0 amide bonds. The van der Waals surface area contributed by atoms with Gasteiger partial charge in [-0.15, -0.1) is 5.10 Å². The summed E-state index contributed by atoms with van der Waals surface area (Å²) in [6.45, 7) is 2.89. The lowest BCUT2D eigenvalue weighted by Crippen LogP contribution is -2.23. The molecule has 164 valence electrons. The molecule has 2 aromatic carbocycles. The summed E-state index contributed by atoms with van der Waals surface area (Å²) in [5, 5.41) is 4.41. The van der Waals surface area contributed by atoms with Gasteiger partial charge in [0.15, 0.2) is 5.82 Å². The number of fused-ring (bicyclic) bond motifs is 1. The largest absolute Gasteiger partial charge is 0.496 e. The standard InChI is InChI=1S/C25H25N3O3S/c1-3-4-7-17-31-20-15-13-19(14-16-20)23-26-25-28(27-23)24(29)22(32-25)12-8-10-18-9-5-6-11-21(18)30-2/h5-6,8-16H,3-4,7,17H2,1-2H3. The van der Waals surface area contributed by atoms with Gasteiger partial charge >= 0.3 is 0 Å². The monoisotopic (exact) mass is 447 g/mol. The van der Waals surface area contributed by atoms with Crippen molar-refractivity contribution in [2.45, 2.75) is 26.2 Å². The van der Waals surface area contributed by atoms with Crippen LogP contribution >= 0.6 is 11.3 Å². The van der Waals surface area contributed by atoms with Gasteiger partial charge in [-0.05, 0) is 42.8 Å². The van der Waals surface area contributed by atoms with E-state index in [-0.39, 0.29) is 5.56 Å². The van der Waals surface area contributed by atoms with Crippen LogP contribution in [0.5, 0.6) is 11.5 Å². The predicted octanol–water partition coefficient (Wildman–Crippen LogP) is 4.61. The third kappa shape index (κ3) is 4.89. The molecule has 0 radical (unpaired) electrons. The molecule has 0 aliphatic carbocycles. The highest BCUT2D eigenvalue weighted by atomic mass is 32.1. The van der Waals surface area contributed by atoms with Gasteiger partial charge in [0.05, 0.1) is 18.2 Å². The molecular weight excluding hydrogens is 422 g/mol. The second-order valence-electron chi connectivity index (χ2n) is 7.25. The van der Waals surface area contributed by atoms with Crippen molar-refractivity contribution in [1.82, 2.24) is 14.6 Å². The third-order valence-corrected chi connectivity index (χ3v) is 5.95. The van der Waals surface area contributed by atoms with Crippen LogP contribution in [0, 0.1) is 0 Å². The minimum Gasteiger partial charge on any atom is -0.496 e. The van der Waals surface area contributed by atoms with Gasteiger partial charge in [0, 0.05) is 11.1 Å². The number of rotatable bonds is 9. The number of nitrogens with zero attached hydrogens (tertiary/aromatic N) is 3. The summed E-state index contributed by atoms with van der Waals surface area (Å²) in [5.41, 5.74) is 1.62. The molecule has 0 atom stereocenters. The van der Waals surface area contributed by atoms with Crippen molar-refractivity contribution in [2.75, 3.05) is 13.7 Å². The maximum absolute atomic E-state index is 12.7. The van der Waals surface area contributed by atoms with Crippen LogP contribution in [0.4, 0.5) is 0 Å². The Morgan fingerprint density at radius 1 is 1.09 bits per heavy atom. The van der Waals surface area contributed by atoms with Crippen LogP contribution in [0.2, 0.25) is 0 Å². The van der Waals surface area contributed by atoms with Crippen LogP contribution in [0.1, 0.15) is 31.7 Å². The number of allylic oxidation sites excluding steroid dienone is 1. The first-order valence-corrected chi connectivity index (χ1v) is 11.5. The van der Waals surface area contributed by atoms with E-state index >= 15 is 0 Å². The molecule has 0 aliphatic rings. The van der Waals surface area contributed by atoms with E-state index in [0.29, 0.717) is 15.3 Å². The zero-order valence-electron chi connectivity index (χ0n) is 18.2. The van der Waals surface area contributed by atoms with Gasteiger partial charge in [-0.2, -0.15) is 9.50 Å². The van der Waals surface area contributed by atoms with Crippen LogP contribution in [0.3, 0.4) is 0 Å². The first kappa shape index (κ1) is 21.8. The molecule has 0 bridgehead atoms. The SMILES string of the molecule is CCCCCOc1ccc(-c2nc3sc(=CC=Cc4ccccc4OC)c(=O)n3n2)cc1. The first-order chi connectivity index (χ1) is 15.7. The number of methoxy groups -OCH3 is 1. The minimum absolute atomic E-state index is 0.177. The Balaban J connectivity index is 1.51. The smallest absolute Gasteiger partial charge is 0.291 e. The molecular formula is C25H25N3O3S. The Kier molecular flexibility index (Phi) is 6.97. The lowest BCUT2D eigenvalue weighted by molar-refractivity contribution is 0.306. The molecule has 0 unspecified atom stereocenters. The fraction of sp³-hybridized carbons (Fsp3) is 0.240. The molecule has 2 aromatic heterocycles. The fourth-order valence-electron chi connectivity index (χ4n) is 3.26. The van der Waals surface area contributed by atoms with E-state index in [4.69, 9.17) is 9.47 Å². The maximum Gasteiger partial charge on any atom is 0.291 e. The van der Waals surface area contributed by atoms with Crippen molar-refractivity contribution in [3.63, 3.8) is 0 Å². The van der Waals surface area contributed by atoms with Crippen LogP contribution in [-0.2, 0) is 0 Å². The molecule has 0 saturated carbocycles. The Morgan fingerprint density at radius 2 is 1.91 bits per heavy atom. The molecule has 2 heterocycles. The topological polar surface area (TPSA) is 65.7 Å². The second-order valence-corrected chi connectivity index (χ2v) is 8.26. The Bertz CT molecular complexity index is 1320. The lowest BCUT2D eigenvalue weighted by atomic mass is 10.2. The van der Waals surface area contributed by atoms with E-state index in [2.05, 4.69) is 17.0 Å². The molecule has 0 aliphatic heterocycles. The summed E-state index contributed by atoms with van der Waals surface area (Å²) >= 11 is 1.32. The van der Waals surface area contributed by atoms with Gasteiger partial charge in [0.2, 0.25) is 4.96 Å². The summed E-state index contributed by atoms with van der Waals surface area (Å²) in [6.07, 6.45) is 8.92. The molecule has 0 spiro atoms. The van der Waals surface area contributed by atoms with Crippen LogP contribution in [0.15, 0.2) is 59.4 Å². The molecule has 7 heteroatoms. The van der Waals surface area contributed by atoms with E-state index in [1.807, 2.05) is 60.7 Å². The van der Waals surface area contributed by atoms with Crippen molar-refractivity contribution in [3.8, 4) is 22.9 Å².